The van der Waals surface area contributed by atoms with Crippen molar-refractivity contribution in [1.82, 2.24) is 19.9 Å². The van der Waals surface area contributed by atoms with Crippen molar-refractivity contribution in [2.75, 3.05) is 5.32 Å². The molecule has 0 spiro atoms. The number of nitrogens with one attached hydrogen (secondary N) is 2. The quantitative estimate of drug-likeness (QED) is 0.303. The smallest absolute Gasteiger partial charge is 0.138 e. The summed E-state index contributed by atoms with van der Waals surface area (Å²) in [4.78, 5) is 16.3. The van der Waals surface area contributed by atoms with Gasteiger partial charge in [0.25, 0.3) is 0 Å². The molecule has 0 unspecified atom stereocenters. The first kappa shape index (κ1) is 24.2. The Labute approximate surface area is 207 Å². The van der Waals surface area contributed by atoms with E-state index in [1.165, 1.54) is 32.1 Å². The fourth-order valence-electron chi connectivity index (χ4n) is 4.45. The average molecular weight is 467 g/mol. The van der Waals surface area contributed by atoms with Gasteiger partial charge in [-0.25, -0.2) is 4.98 Å². The second-order valence-corrected chi connectivity index (χ2v) is 9.31. The first-order valence-electron chi connectivity index (χ1n) is 12.1. The minimum absolute atomic E-state index is 0.524. The Morgan fingerprint density at radius 3 is 2.69 bits per heavy atom. The Kier molecular flexibility index (Phi) is 7.60. The number of H-pyrrole nitrogens is 1. The second kappa shape index (κ2) is 11.0. The standard InChI is InChI=1S/C29H34N6/c1-19(24-15-25(17-32-16-24)33-20(2)14-23-8-6-5-7-9-23)10-11-26(30)21(3)22(4)29-34-27-12-13-31-18-28(27)35-29/h10-13,15-18,23,33H,2-9,14,30H2,1H3,(H,34,35)/b19-10+,26-11+. The minimum atomic E-state index is 0.524. The van der Waals surface area contributed by atoms with Crippen molar-refractivity contribution in [2.24, 2.45) is 11.7 Å². The maximum absolute atomic E-state index is 6.32. The SMILES string of the molecule is C=C(CC1CCCCC1)Nc1cncc(/C(C)=C/C=C(/N)C(=C)C(=C)c2nc3ccncc3[nH]2)c1. The topological polar surface area (TPSA) is 92.5 Å². The Morgan fingerprint density at radius 1 is 1.11 bits per heavy atom. The predicted octanol–water partition coefficient (Wildman–Crippen LogP) is 6.76. The van der Waals surface area contributed by atoms with Gasteiger partial charge in [0.1, 0.15) is 5.82 Å². The van der Waals surface area contributed by atoms with Crippen LogP contribution in [-0.2, 0) is 0 Å². The number of nitrogens with zero attached hydrogens (tertiary/aromatic N) is 3. The number of imidazole rings is 1. The lowest BCUT2D eigenvalue weighted by Crippen LogP contribution is -2.10. The largest absolute Gasteiger partial charge is 0.398 e. The average Bonchev–Trinajstić information content (AvgIpc) is 3.31. The molecule has 35 heavy (non-hydrogen) atoms. The van der Waals surface area contributed by atoms with Crippen molar-refractivity contribution >= 4 is 27.9 Å². The van der Waals surface area contributed by atoms with E-state index in [4.69, 9.17) is 5.73 Å². The van der Waals surface area contributed by atoms with Gasteiger partial charge in [-0.05, 0) is 48.6 Å². The molecule has 4 rings (SSSR count). The number of allylic oxidation sites excluding steroid dienone is 5. The molecule has 6 nitrogen and oxygen atoms in total. The molecular weight excluding hydrogens is 432 g/mol. The molecule has 3 aromatic rings. The molecule has 0 aromatic carbocycles. The van der Waals surface area contributed by atoms with Crippen LogP contribution in [-0.4, -0.2) is 19.9 Å². The maximum atomic E-state index is 6.32. The predicted molar refractivity (Wildman–Crippen MR) is 146 cm³/mol. The molecule has 1 saturated carbocycles. The van der Waals surface area contributed by atoms with E-state index in [2.05, 4.69) is 51.1 Å². The summed E-state index contributed by atoms with van der Waals surface area (Å²) in [7, 11) is 0. The third kappa shape index (κ3) is 6.15. The van der Waals surface area contributed by atoms with E-state index in [0.717, 1.165) is 45.9 Å². The minimum Gasteiger partial charge on any atom is -0.398 e. The molecule has 0 atom stereocenters. The van der Waals surface area contributed by atoms with Crippen LogP contribution in [0.3, 0.4) is 0 Å². The van der Waals surface area contributed by atoms with E-state index in [0.29, 0.717) is 22.7 Å². The number of aromatic nitrogens is 4. The number of fused-ring (bicyclic) bond motifs is 1. The van der Waals surface area contributed by atoms with E-state index in [9.17, 15) is 0 Å². The van der Waals surface area contributed by atoms with Crippen molar-refractivity contribution in [1.29, 1.82) is 0 Å². The van der Waals surface area contributed by atoms with Crippen molar-refractivity contribution in [3.63, 3.8) is 0 Å². The third-order valence-corrected chi connectivity index (χ3v) is 6.57. The summed E-state index contributed by atoms with van der Waals surface area (Å²) in [5.41, 5.74) is 13.8. The molecule has 6 heteroatoms. The summed E-state index contributed by atoms with van der Waals surface area (Å²) < 4.78 is 0. The zero-order valence-corrected chi connectivity index (χ0v) is 20.5. The molecule has 180 valence electrons. The molecule has 0 aliphatic heterocycles. The van der Waals surface area contributed by atoms with Gasteiger partial charge < -0.3 is 16.0 Å². The first-order chi connectivity index (χ1) is 16.9. The molecular formula is C29H34N6. The molecule has 0 bridgehead atoms. The highest BCUT2D eigenvalue weighted by Gasteiger charge is 2.15. The van der Waals surface area contributed by atoms with Gasteiger partial charge in [-0.3, -0.25) is 9.97 Å². The Balaban J connectivity index is 1.40. The molecule has 4 N–H and O–H groups in total. The van der Waals surface area contributed by atoms with Gasteiger partial charge in [0.15, 0.2) is 0 Å². The van der Waals surface area contributed by atoms with E-state index in [-0.39, 0.29) is 0 Å². The number of hydrogen-bond acceptors (Lipinski definition) is 5. The lowest BCUT2D eigenvalue weighted by Gasteiger charge is -2.23. The Hall–Kier alpha value is -3.93. The number of anilines is 1. The van der Waals surface area contributed by atoms with Gasteiger partial charge in [-0.2, -0.15) is 0 Å². The van der Waals surface area contributed by atoms with Gasteiger partial charge in [0.2, 0.25) is 0 Å². The van der Waals surface area contributed by atoms with E-state index in [1.807, 2.05) is 37.5 Å². The van der Waals surface area contributed by atoms with Crippen LogP contribution in [0.15, 0.2) is 85.8 Å². The lowest BCUT2D eigenvalue weighted by molar-refractivity contribution is 0.357. The van der Waals surface area contributed by atoms with Crippen molar-refractivity contribution < 1.29 is 0 Å². The molecule has 1 aliphatic carbocycles. The van der Waals surface area contributed by atoms with Gasteiger partial charge in [-0.1, -0.05) is 57.9 Å². The van der Waals surface area contributed by atoms with Crippen LogP contribution in [0.2, 0.25) is 0 Å². The zero-order chi connectivity index (χ0) is 24.8. The maximum Gasteiger partial charge on any atom is 0.138 e. The lowest BCUT2D eigenvalue weighted by atomic mass is 9.86. The molecule has 1 fully saturated rings. The van der Waals surface area contributed by atoms with Crippen LogP contribution < -0.4 is 11.1 Å². The Bertz CT molecular complexity index is 1270. The van der Waals surface area contributed by atoms with Gasteiger partial charge in [0, 0.05) is 34.9 Å². The van der Waals surface area contributed by atoms with Crippen LogP contribution in [0, 0.1) is 5.92 Å². The summed E-state index contributed by atoms with van der Waals surface area (Å²) in [6.07, 6.45) is 18.6. The van der Waals surface area contributed by atoms with Crippen molar-refractivity contribution in [3.05, 3.63) is 97.2 Å². The number of rotatable bonds is 9. The number of nitrogens with two attached hydrogens (primary N) is 1. The highest BCUT2D eigenvalue weighted by molar-refractivity contribution is 5.84. The normalized spacial score (nSPS) is 15.2. The molecule has 0 radical (unpaired) electrons. The van der Waals surface area contributed by atoms with Crippen molar-refractivity contribution in [3.8, 4) is 0 Å². The van der Waals surface area contributed by atoms with Crippen LogP contribution in [0.4, 0.5) is 5.69 Å². The third-order valence-electron chi connectivity index (χ3n) is 6.57. The molecule has 1 aliphatic rings. The fraction of sp³-hybridized carbons (Fsp3) is 0.276. The highest BCUT2D eigenvalue weighted by Crippen LogP contribution is 2.29. The molecule has 0 saturated heterocycles. The second-order valence-electron chi connectivity index (χ2n) is 9.31. The fourth-order valence-corrected chi connectivity index (χ4v) is 4.45. The molecule has 3 heterocycles. The summed E-state index contributed by atoms with van der Waals surface area (Å²) in [5, 5.41) is 3.45. The summed E-state index contributed by atoms with van der Waals surface area (Å²) >= 11 is 0. The van der Waals surface area contributed by atoms with Crippen LogP contribution in [0.5, 0.6) is 0 Å². The zero-order valence-electron chi connectivity index (χ0n) is 20.5. The molecule has 0 amide bonds. The van der Waals surface area contributed by atoms with E-state index < -0.39 is 0 Å². The highest BCUT2D eigenvalue weighted by atomic mass is 14.9. The number of pyridine rings is 2. The Morgan fingerprint density at radius 2 is 1.91 bits per heavy atom. The van der Waals surface area contributed by atoms with Crippen LogP contribution in [0.1, 0.15) is 56.8 Å². The van der Waals surface area contributed by atoms with E-state index in [1.54, 1.807) is 12.4 Å². The van der Waals surface area contributed by atoms with Gasteiger partial charge in [0.05, 0.1) is 29.1 Å². The van der Waals surface area contributed by atoms with Gasteiger partial charge >= 0.3 is 0 Å². The summed E-state index contributed by atoms with van der Waals surface area (Å²) in [5.74, 6) is 1.38. The van der Waals surface area contributed by atoms with E-state index >= 15 is 0 Å². The molecule has 3 aromatic heterocycles. The van der Waals surface area contributed by atoms with Crippen molar-refractivity contribution in [2.45, 2.75) is 45.4 Å². The monoisotopic (exact) mass is 466 g/mol. The van der Waals surface area contributed by atoms with Crippen LogP contribution >= 0.6 is 0 Å². The first-order valence-corrected chi connectivity index (χ1v) is 12.1. The summed E-state index contributed by atoms with van der Waals surface area (Å²) in [6, 6.07) is 3.93. The number of aromatic amines is 1. The van der Waals surface area contributed by atoms with Gasteiger partial charge in [-0.15, -0.1) is 0 Å². The number of hydrogen-bond donors (Lipinski definition) is 3. The summed E-state index contributed by atoms with van der Waals surface area (Å²) in [6.45, 7) is 14.5. The van der Waals surface area contributed by atoms with Crippen LogP contribution in [0.25, 0.3) is 22.2 Å².